The van der Waals surface area contributed by atoms with Crippen LogP contribution in [0.15, 0.2) is 42.5 Å². The van der Waals surface area contributed by atoms with Gasteiger partial charge in [-0.2, -0.15) is 0 Å². The molecule has 2 aromatic carbocycles. The molecule has 0 aliphatic carbocycles. The van der Waals surface area contributed by atoms with Gasteiger partial charge in [0.2, 0.25) is 0 Å². The zero-order chi connectivity index (χ0) is 15.4. The summed E-state index contributed by atoms with van der Waals surface area (Å²) in [5.74, 6) is -1.24. The molecule has 21 heavy (non-hydrogen) atoms. The van der Waals surface area contributed by atoms with E-state index in [0.29, 0.717) is 17.1 Å². The zero-order valence-electron chi connectivity index (χ0n) is 10.8. The van der Waals surface area contributed by atoms with Gasteiger partial charge in [0.15, 0.2) is 0 Å². The lowest BCUT2D eigenvalue weighted by Crippen LogP contribution is -2.23. The van der Waals surface area contributed by atoms with Gasteiger partial charge in [-0.05, 0) is 58.5 Å². The van der Waals surface area contributed by atoms with Crippen molar-refractivity contribution in [3.8, 4) is 0 Å². The van der Waals surface area contributed by atoms with Crippen molar-refractivity contribution in [2.75, 3.05) is 0 Å². The number of carboxylic acids is 1. The van der Waals surface area contributed by atoms with Crippen molar-refractivity contribution in [2.24, 2.45) is 0 Å². The fourth-order valence-corrected chi connectivity index (χ4v) is 2.41. The Balaban J connectivity index is 2.04. The summed E-state index contributed by atoms with van der Waals surface area (Å²) in [6, 6.07) is 11.6. The molecular formula is C15H11ClINO3. The Morgan fingerprint density at radius 1 is 1.14 bits per heavy atom. The number of benzene rings is 2. The van der Waals surface area contributed by atoms with Crippen LogP contribution < -0.4 is 5.32 Å². The van der Waals surface area contributed by atoms with E-state index in [-0.39, 0.29) is 11.5 Å². The molecule has 0 unspecified atom stereocenters. The number of carbonyl (C=O) groups is 2. The van der Waals surface area contributed by atoms with Crippen molar-refractivity contribution < 1.29 is 14.7 Å². The molecule has 0 aliphatic rings. The summed E-state index contributed by atoms with van der Waals surface area (Å²) in [4.78, 5) is 22.8. The Kier molecular flexibility index (Phi) is 5.19. The molecule has 0 atom stereocenters. The van der Waals surface area contributed by atoms with Gasteiger partial charge in [0, 0.05) is 10.1 Å². The first-order valence-electron chi connectivity index (χ1n) is 6.03. The summed E-state index contributed by atoms with van der Waals surface area (Å²) in [7, 11) is 0. The van der Waals surface area contributed by atoms with Gasteiger partial charge in [-0.15, -0.1) is 0 Å². The maximum Gasteiger partial charge on any atom is 0.335 e. The molecule has 0 heterocycles. The van der Waals surface area contributed by atoms with Gasteiger partial charge >= 0.3 is 5.97 Å². The Morgan fingerprint density at radius 2 is 1.81 bits per heavy atom. The molecule has 0 aromatic heterocycles. The largest absolute Gasteiger partial charge is 0.478 e. The average molecular weight is 416 g/mol. The SMILES string of the molecule is O=C(O)c1ccc(CNC(=O)c2cc(I)ccc2Cl)cc1. The van der Waals surface area contributed by atoms with E-state index in [1.165, 1.54) is 12.1 Å². The molecule has 2 rings (SSSR count). The van der Waals surface area contributed by atoms with Crippen molar-refractivity contribution in [2.45, 2.75) is 6.54 Å². The minimum atomic E-state index is -0.976. The van der Waals surface area contributed by atoms with Gasteiger partial charge in [-0.3, -0.25) is 4.79 Å². The highest BCUT2D eigenvalue weighted by atomic mass is 127. The second-order valence-electron chi connectivity index (χ2n) is 4.31. The Labute approximate surface area is 140 Å². The molecule has 1 amide bonds. The predicted octanol–water partition coefficient (Wildman–Crippen LogP) is 3.57. The van der Waals surface area contributed by atoms with E-state index in [1.54, 1.807) is 24.3 Å². The van der Waals surface area contributed by atoms with E-state index in [9.17, 15) is 9.59 Å². The molecule has 2 aromatic rings. The van der Waals surface area contributed by atoms with E-state index in [0.717, 1.165) is 9.13 Å². The quantitative estimate of drug-likeness (QED) is 0.750. The van der Waals surface area contributed by atoms with Crippen LogP contribution in [0.4, 0.5) is 0 Å². The first-order chi connectivity index (χ1) is 9.97. The molecule has 0 radical (unpaired) electrons. The molecule has 0 aliphatic heterocycles. The van der Waals surface area contributed by atoms with Crippen molar-refractivity contribution in [1.29, 1.82) is 0 Å². The van der Waals surface area contributed by atoms with Gasteiger partial charge in [0.05, 0.1) is 16.1 Å². The first-order valence-corrected chi connectivity index (χ1v) is 7.48. The van der Waals surface area contributed by atoms with Gasteiger partial charge in [-0.25, -0.2) is 4.79 Å². The van der Waals surface area contributed by atoms with Crippen molar-refractivity contribution in [1.82, 2.24) is 5.32 Å². The summed E-state index contributed by atoms with van der Waals surface area (Å²) in [6.45, 7) is 0.306. The molecule has 108 valence electrons. The second-order valence-corrected chi connectivity index (χ2v) is 5.96. The molecule has 6 heteroatoms. The van der Waals surface area contributed by atoms with Gasteiger partial charge in [-0.1, -0.05) is 23.7 Å². The smallest absolute Gasteiger partial charge is 0.335 e. The zero-order valence-corrected chi connectivity index (χ0v) is 13.7. The predicted molar refractivity (Wildman–Crippen MR) is 88.7 cm³/mol. The van der Waals surface area contributed by atoms with Crippen LogP contribution >= 0.6 is 34.2 Å². The Bertz CT molecular complexity index is 686. The van der Waals surface area contributed by atoms with Crippen molar-refractivity contribution in [3.63, 3.8) is 0 Å². The Morgan fingerprint density at radius 3 is 2.43 bits per heavy atom. The minimum Gasteiger partial charge on any atom is -0.478 e. The standard InChI is InChI=1S/C15H11ClINO3/c16-13-6-5-11(17)7-12(13)14(19)18-8-9-1-3-10(4-2-9)15(20)21/h1-7H,8H2,(H,18,19)(H,20,21). The lowest BCUT2D eigenvalue weighted by molar-refractivity contribution is 0.0696. The molecular weight excluding hydrogens is 405 g/mol. The van der Waals surface area contributed by atoms with Crippen LogP contribution in [0.2, 0.25) is 5.02 Å². The van der Waals surface area contributed by atoms with Crippen LogP contribution in [0.3, 0.4) is 0 Å². The third-order valence-corrected chi connectivity index (χ3v) is 3.83. The normalized spacial score (nSPS) is 10.2. The van der Waals surface area contributed by atoms with Crippen LogP contribution in [0, 0.1) is 3.57 Å². The number of carbonyl (C=O) groups excluding carboxylic acids is 1. The van der Waals surface area contributed by atoms with E-state index in [2.05, 4.69) is 27.9 Å². The fraction of sp³-hybridized carbons (Fsp3) is 0.0667. The number of nitrogens with one attached hydrogen (secondary N) is 1. The fourth-order valence-electron chi connectivity index (χ4n) is 1.71. The highest BCUT2D eigenvalue weighted by Crippen LogP contribution is 2.18. The van der Waals surface area contributed by atoms with E-state index in [1.807, 2.05) is 6.07 Å². The highest BCUT2D eigenvalue weighted by molar-refractivity contribution is 14.1. The van der Waals surface area contributed by atoms with Gasteiger partial charge in [0.1, 0.15) is 0 Å². The van der Waals surface area contributed by atoms with Crippen LogP contribution in [0.1, 0.15) is 26.3 Å². The molecule has 4 nitrogen and oxygen atoms in total. The number of hydrogen-bond donors (Lipinski definition) is 2. The summed E-state index contributed by atoms with van der Waals surface area (Å²) < 4.78 is 0.924. The summed E-state index contributed by atoms with van der Waals surface area (Å²) in [5.41, 5.74) is 1.45. The lowest BCUT2D eigenvalue weighted by Gasteiger charge is -2.07. The van der Waals surface area contributed by atoms with Gasteiger partial charge < -0.3 is 10.4 Å². The maximum atomic E-state index is 12.1. The van der Waals surface area contributed by atoms with E-state index in [4.69, 9.17) is 16.7 Å². The molecule has 0 saturated carbocycles. The number of halogens is 2. The van der Waals surface area contributed by atoms with Crippen molar-refractivity contribution >= 4 is 46.1 Å². The first kappa shape index (κ1) is 15.8. The second kappa shape index (κ2) is 6.91. The Hall–Kier alpha value is -1.60. The van der Waals surface area contributed by atoms with Gasteiger partial charge in [0.25, 0.3) is 5.91 Å². The van der Waals surface area contributed by atoms with Crippen LogP contribution in [0.25, 0.3) is 0 Å². The lowest BCUT2D eigenvalue weighted by atomic mass is 10.1. The number of amides is 1. The topological polar surface area (TPSA) is 66.4 Å². The third kappa shape index (κ3) is 4.18. The minimum absolute atomic E-state index is 0.214. The van der Waals surface area contributed by atoms with Crippen LogP contribution in [0.5, 0.6) is 0 Å². The number of rotatable bonds is 4. The number of hydrogen-bond acceptors (Lipinski definition) is 2. The third-order valence-electron chi connectivity index (χ3n) is 2.83. The number of carboxylic acid groups (broad SMARTS) is 1. The summed E-state index contributed by atoms with van der Waals surface area (Å²) >= 11 is 8.11. The van der Waals surface area contributed by atoms with E-state index < -0.39 is 5.97 Å². The molecule has 0 spiro atoms. The molecule has 0 bridgehead atoms. The summed E-state index contributed by atoms with van der Waals surface area (Å²) in [6.07, 6.45) is 0. The molecule has 0 saturated heterocycles. The molecule has 2 N–H and O–H groups in total. The van der Waals surface area contributed by atoms with Crippen LogP contribution in [-0.2, 0) is 6.54 Å². The van der Waals surface area contributed by atoms with Crippen LogP contribution in [-0.4, -0.2) is 17.0 Å². The molecule has 0 fully saturated rings. The highest BCUT2D eigenvalue weighted by Gasteiger charge is 2.10. The number of aromatic carboxylic acids is 1. The maximum absolute atomic E-state index is 12.1. The average Bonchev–Trinajstić information content (AvgIpc) is 2.47. The van der Waals surface area contributed by atoms with Crippen molar-refractivity contribution in [3.05, 3.63) is 67.7 Å². The monoisotopic (exact) mass is 415 g/mol. The summed E-state index contributed by atoms with van der Waals surface area (Å²) in [5, 5.41) is 12.0. The van der Waals surface area contributed by atoms with E-state index >= 15 is 0 Å².